The molecule has 1 aromatic carbocycles. The van der Waals surface area contributed by atoms with Gasteiger partial charge in [0.2, 0.25) is 0 Å². The summed E-state index contributed by atoms with van der Waals surface area (Å²) in [5, 5.41) is 0. The first-order valence-electron chi connectivity index (χ1n) is 6.97. The molecular formula is C17H15N3O. The Morgan fingerprint density at radius 2 is 1.90 bits per heavy atom. The number of aryl methyl sites for hydroxylation is 1. The van der Waals surface area contributed by atoms with E-state index >= 15 is 0 Å². The van der Waals surface area contributed by atoms with Gasteiger partial charge < -0.3 is 4.74 Å². The third-order valence-corrected chi connectivity index (χ3v) is 3.79. The van der Waals surface area contributed by atoms with Crippen LogP contribution in [0.5, 0.6) is 5.75 Å². The second-order valence-corrected chi connectivity index (χ2v) is 5.90. The molecule has 2 aromatic heterocycles. The second-order valence-electron chi connectivity index (χ2n) is 5.90. The first kappa shape index (κ1) is 12.3. The van der Waals surface area contributed by atoms with Gasteiger partial charge in [-0.15, -0.1) is 0 Å². The number of benzene rings is 1. The maximum atomic E-state index is 6.16. The van der Waals surface area contributed by atoms with Crippen molar-refractivity contribution in [1.29, 1.82) is 0 Å². The Bertz CT molecular complexity index is 871. The lowest BCUT2D eigenvalue weighted by atomic mass is 9.93. The summed E-state index contributed by atoms with van der Waals surface area (Å²) >= 11 is 0. The number of pyridine rings is 1. The van der Waals surface area contributed by atoms with Crippen molar-refractivity contribution in [3.05, 3.63) is 47.9 Å². The Morgan fingerprint density at radius 3 is 2.76 bits per heavy atom. The van der Waals surface area contributed by atoms with Crippen molar-refractivity contribution >= 4 is 11.0 Å². The lowest BCUT2D eigenvalue weighted by molar-refractivity contribution is 0.100. The van der Waals surface area contributed by atoms with Gasteiger partial charge in [-0.3, -0.25) is 4.98 Å². The highest BCUT2D eigenvalue weighted by molar-refractivity contribution is 5.81. The SMILES string of the molecule is Cc1ccc2c(c1)OC(C)(C)c1nc3ccncc3nc1-2. The molecule has 1 aliphatic heterocycles. The number of hydrogen-bond acceptors (Lipinski definition) is 4. The van der Waals surface area contributed by atoms with E-state index < -0.39 is 5.60 Å². The maximum Gasteiger partial charge on any atom is 0.147 e. The summed E-state index contributed by atoms with van der Waals surface area (Å²) in [6.07, 6.45) is 3.48. The van der Waals surface area contributed by atoms with Gasteiger partial charge in [-0.05, 0) is 44.5 Å². The van der Waals surface area contributed by atoms with Gasteiger partial charge >= 0.3 is 0 Å². The second kappa shape index (κ2) is 4.01. The molecule has 4 nitrogen and oxygen atoms in total. The Labute approximate surface area is 122 Å². The van der Waals surface area contributed by atoms with E-state index in [4.69, 9.17) is 14.7 Å². The summed E-state index contributed by atoms with van der Waals surface area (Å²) in [6.45, 7) is 6.11. The van der Waals surface area contributed by atoms with E-state index in [0.29, 0.717) is 0 Å². The predicted molar refractivity (Wildman–Crippen MR) is 81.2 cm³/mol. The van der Waals surface area contributed by atoms with Crippen molar-refractivity contribution in [1.82, 2.24) is 15.0 Å². The molecule has 0 N–H and O–H groups in total. The van der Waals surface area contributed by atoms with Crippen LogP contribution in [0.4, 0.5) is 0 Å². The highest BCUT2D eigenvalue weighted by Gasteiger charge is 2.35. The Hall–Kier alpha value is -2.49. The summed E-state index contributed by atoms with van der Waals surface area (Å²) in [6, 6.07) is 8.05. The van der Waals surface area contributed by atoms with E-state index in [1.54, 1.807) is 12.4 Å². The lowest BCUT2D eigenvalue weighted by Gasteiger charge is -2.33. The Morgan fingerprint density at radius 1 is 1.05 bits per heavy atom. The van der Waals surface area contributed by atoms with Gasteiger partial charge in [0.25, 0.3) is 0 Å². The van der Waals surface area contributed by atoms with Crippen molar-refractivity contribution < 1.29 is 4.74 Å². The van der Waals surface area contributed by atoms with Crippen molar-refractivity contribution in [2.75, 3.05) is 0 Å². The molecule has 3 heterocycles. The van der Waals surface area contributed by atoms with Gasteiger partial charge in [-0.25, -0.2) is 9.97 Å². The van der Waals surface area contributed by atoms with Crippen LogP contribution in [0, 0.1) is 6.92 Å². The van der Waals surface area contributed by atoms with Crippen LogP contribution in [-0.4, -0.2) is 15.0 Å². The normalized spacial score (nSPS) is 15.2. The van der Waals surface area contributed by atoms with Gasteiger partial charge in [0.1, 0.15) is 28.3 Å². The standard InChI is InChI=1S/C17H15N3O/c1-10-4-5-11-14(8-10)21-17(2,3)16-15(11)19-13-9-18-7-6-12(13)20-16/h4-9H,1-3H3. The minimum absolute atomic E-state index is 0.499. The van der Waals surface area contributed by atoms with Gasteiger partial charge in [0, 0.05) is 11.8 Å². The summed E-state index contributed by atoms with van der Waals surface area (Å²) in [7, 11) is 0. The number of nitrogens with zero attached hydrogens (tertiary/aromatic N) is 3. The van der Waals surface area contributed by atoms with E-state index in [-0.39, 0.29) is 0 Å². The Kier molecular flexibility index (Phi) is 2.34. The average Bonchev–Trinajstić information content (AvgIpc) is 2.45. The molecule has 0 atom stereocenters. The smallest absolute Gasteiger partial charge is 0.147 e. The zero-order chi connectivity index (χ0) is 14.6. The van der Waals surface area contributed by atoms with E-state index in [1.807, 2.05) is 19.9 Å². The highest BCUT2D eigenvalue weighted by Crippen LogP contribution is 2.43. The van der Waals surface area contributed by atoms with Crippen LogP contribution in [0.15, 0.2) is 36.7 Å². The van der Waals surface area contributed by atoms with E-state index in [2.05, 4.69) is 30.1 Å². The first-order chi connectivity index (χ1) is 10.0. The van der Waals surface area contributed by atoms with Crippen LogP contribution in [-0.2, 0) is 5.60 Å². The monoisotopic (exact) mass is 277 g/mol. The number of fused-ring (bicyclic) bond motifs is 4. The molecule has 0 saturated heterocycles. The molecule has 1 aliphatic rings. The van der Waals surface area contributed by atoms with Crippen molar-refractivity contribution in [2.45, 2.75) is 26.4 Å². The molecule has 0 unspecified atom stereocenters. The van der Waals surface area contributed by atoms with E-state index in [9.17, 15) is 0 Å². The predicted octanol–water partition coefficient (Wildman–Crippen LogP) is 3.63. The molecule has 104 valence electrons. The first-order valence-corrected chi connectivity index (χ1v) is 6.97. The van der Waals surface area contributed by atoms with Gasteiger partial charge in [-0.1, -0.05) is 6.07 Å². The number of hydrogen-bond donors (Lipinski definition) is 0. The van der Waals surface area contributed by atoms with E-state index in [0.717, 1.165) is 33.7 Å². The quantitative estimate of drug-likeness (QED) is 0.629. The Balaban J connectivity index is 2.09. The minimum atomic E-state index is -0.499. The average molecular weight is 277 g/mol. The van der Waals surface area contributed by atoms with Crippen LogP contribution < -0.4 is 4.74 Å². The molecule has 0 radical (unpaired) electrons. The minimum Gasteiger partial charge on any atom is -0.481 e. The van der Waals surface area contributed by atoms with Crippen LogP contribution in [0.3, 0.4) is 0 Å². The lowest BCUT2D eigenvalue weighted by Crippen LogP contribution is -2.31. The van der Waals surface area contributed by atoms with Gasteiger partial charge in [0.15, 0.2) is 0 Å². The molecule has 3 aromatic rings. The molecule has 21 heavy (non-hydrogen) atoms. The summed E-state index contributed by atoms with van der Waals surface area (Å²) in [4.78, 5) is 13.7. The fourth-order valence-corrected chi connectivity index (χ4v) is 2.75. The van der Waals surface area contributed by atoms with Gasteiger partial charge in [0.05, 0.1) is 11.7 Å². The fraction of sp³-hybridized carbons (Fsp3) is 0.235. The van der Waals surface area contributed by atoms with Gasteiger partial charge in [-0.2, -0.15) is 0 Å². The van der Waals surface area contributed by atoms with Crippen LogP contribution >= 0.6 is 0 Å². The zero-order valence-electron chi connectivity index (χ0n) is 12.2. The summed E-state index contributed by atoms with van der Waals surface area (Å²) in [5.74, 6) is 0.866. The highest BCUT2D eigenvalue weighted by atomic mass is 16.5. The molecule has 4 rings (SSSR count). The fourth-order valence-electron chi connectivity index (χ4n) is 2.75. The van der Waals surface area contributed by atoms with Crippen molar-refractivity contribution in [3.63, 3.8) is 0 Å². The number of ether oxygens (including phenoxy) is 1. The summed E-state index contributed by atoms with van der Waals surface area (Å²) < 4.78 is 6.16. The van der Waals surface area contributed by atoms with Crippen LogP contribution in [0.1, 0.15) is 25.1 Å². The molecule has 0 spiro atoms. The molecule has 0 amide bonds. The third kappa shape index (κ3) is 1.79. The summed E-state index contributed by atoms with van der Waals surface area (Å²) in [5.41, 5.74) is 5.08. The molecule has 4 heteroatoms. The van der Waals surface area contributed by atoms with Crippen molar-refractivity contribution in [2.24, 2.45) is 0 Å². The number of rotatable bonds is 0. The van der Waals surface area contributed by atoms with Crippen molar-refractivity contribution in [3.8, 4) is 17.0 Å². The van der Waals surface area contributed by atoms with E-state index in [1.165, 1.54) is 5.56 Å². The third-order valence-electron chi connectivity index (χ3n) is 3.79. The molecular weight excluding hydrogens is 262 g/mol. The topological polar surface area (TPSA) is 47.9 Å². The zero-order valence-corrected chi connectivity index (χ0v) is 12.2. The number of aromatic nitrogens is 3. The molecule has 0 saturated carbocycles. The molecule has 0 aliphatic carbocycles. The largest absolute Gasteiger partial charge is 0.481 e. The van der Waals surface area contributed by atoms with Crippen LogP contribution in [0.2, 0.25) is 0 Å². The maximum absolute atomic E-state index is 6.16. The van der Waals surface area contributed by atoms with Crippen LogP contribution in [0.25, 0.3) is 22.3 Å². The molecule has 0 bridgehead atoms. The molecule has 0 fully saturated rings.